The van der Waals surface area contributed by atoms with Crippen LogP contribution < -0.4 is 10.0 Å². The summed E-state index contributed by atoms with van der Waals surface area (Å²) in [5, 5.41) is 23.4. The highest BCUT2D eigenvalue weighted by molar-refractivity contribution is 7.89. The number of ketones is 1. The summed E-state index contributed by atoms with van der Waals surface area (Å²) in [6.45, 7) is 5.74. The first-order chi connectivity index (χ1) is 23.9. The van der Waals surface area contributed by atoms with Crippen molar-refractivity contribution in [2.45, 2.75) is 55.8 Å². The van der Waals surface area contributed by atoms with E-state index in [4.69, 9.17) is 42.1 Å². The zero-order valence-electron chi connectivity index (χ0n) is 28.6. The predicted octanol–water partition coefficient (Wildman–Crippen LogP) is 2.51. The van der Waals surface area contributed by atoms with E-state index in [1.165, 1.54) is 0 Å². The summed E-state index contributed by atoms with van der Waals surface area (Å²) in [5.74, 6) is -1.58. The summed E-state index contributed by atoms with van der Waals surface area (Å²) >= 11 is 12.8. The lowest BCUT2D eigenvalue weighted by Gasteiger charge is -2.33. The van der Waals surface area contributed by atoms with Crippen LogP contribution in [0.25, 0.3) is 0 Å². The molecule has 2 aromatic rings. The van der Waals surface area contributed by atoms with Crippen molar-refractivity contribution in [1.29, 1.82) is 0 Å². The number of likely N-dealkylation sites (N-methyl/N-ethyl adjacent to an activating group) is 1. The molecule has 3 atom stereocenters. The molecule has 1 heterocycles. The fourth-order valence-electron chi connectivity index (χ4n) is 5.32. The number of aliphatic hydroxyl groups excluding tert-OH is 2. The summed E-state index contributed by atoms with van der Waals surface area (Å²) in [4.78, 5) is 26.3. The molecule has 16 heteroatoms. The van der Waals surface area contributed by atoms with Crippen molar-refractivity contribution in [2.24, 2.45) is 0 Å². The van der Waals surface area contributed by atoms with Crippen LogP contribution in [0.2, 0.25) is 10.0 Å². The number of sulfonamides is 1. The minimum atomic E-state index is -3.78. The molecule has 0 fully saturated rings. The van der Waals surface area contributed by atoms with E-state index < -0.39 is 33.9 Å². The molecule has 13 nitrogen and oxygen atoms in total. The normalized spacial score (nSPS) is 16.2. The first-order valence-corrected chi connectivity index (χ1v) is 18.9. The van der Waals surface area contributed by atoms with Crippen molar-refractivity contribution in [2.75, 3.05) is 79.5 Å². The Hall–Kier alpha value is -2.21. The number of amides is 1. The molecule has 280 valence electrons. The zero-order valence-corrected chi connectivity index (χ0v) is 30.9. The van der Waals surface area contributed by atoms with Crippen LogP contribution in [-0.4, -0.2) is 127 Å². The Bertz CT molecular complexity index is 1480. The molecule has 50 heavy (non-hydrogen) atoms. The van der Waals surface area contributed by atoms with Gasteiger partial charge in [-0.2, -0.15) is 0 Å². The minimum Gasteiger partial charge on any atom is -0.382 e. The number of carbonyl (C=O) groups is 2. The number of rotatable bonds is 24. The molecule has 0 saturated carbocycles. The molecule has 0 spiro atoms. The number of nitrogens with zero attached hydrogens (tertiary/aromatic N) is 1. The molecule has 0 radical (unpaired) electrons. The number of Topliss-reactive ketones (excluding diaryl/α,β-unsaturated/α-hetero) is 1. The predicted molar refractivity (Wildman–Crippen MR) is 189 cm³/mol. The highest BCUT2D eigenvalue weighted by Gasteiger charge is 2.30. The van der Waals surface area contributed by atoms with Crippen LogP contribution in [0, 0.1) is 0 Å². The zero-order chi connectivity index (χ0) is 36.5. The van der Waals surface area contributed by atoms with Crippen LogP contribution >= 0.6 is 23.2 Å². The monoisotopic (exact) mass is 761 g/mol. The molecule has 0 bridgehead atoms. The second kappa shape index (κ2) is 22.0. The molecule has 1 aliphatic heterocycles. The van der Waals surface area contributed by atoms with Gasteiger partial charge in [0.25, 0.3) is 5.91 Å². The van der Waals surface area contributed by atoms with Crippen LogP contribution in [0.1, 0.15) is 48.8 Å². The summed E-state index contributed by atoms with van der Waals surface area (Å²) in [5.41, 5.74) is 2.83. The SMILES string of the molecule is CCCOCCCC(=O)[C@H](O)[C@@H](O)C(=O)NCCOCCOCCOCCNS(=O)(=O)c1cccc([C@@H]2CN(C)Cc3c(Cl)cc(Cl)cc32)c1. The molecular formula is C34H49Cl2N3O10S. The smallest absolute Gasteiger partial charge is 0.252 e. The van der Waals surface area contributed by atoms with Crippen LogP contribution in [0.3, 0.4) is 0 Å². The minimum absolute atomic E-state index is 0.000111. The lowest BCUT2D eigenvalue weighted by atomic mass is 9.85. The number of fused-ring (bicyclic) bond motifs is 1. The number of hydrogen-bond acceptors (Lipinski definition) is 11. The van der Waals surface area contributed by atoms with Gasteiger partial charge in [-0.1, -0.05) is 42.3 Å². The van der Waals surface area contributed by atoms with E-state index in [0.717, 1.165) is 23.1 Å². The van der Waals surface area contributed by atoms with Gasteiger partial charge in [0, 0.05) is 61.8 Å². The van der Waals surface area contributed by atoms with Crippen molar-refractivity contribution in [3.63, 3.8) is 0 Å². The largest absolute Gasteiger partial charge is 0.382 e. The molecule has 4 N–H and O–H groups in total. The average molecular weight is 763 g/mol. The van der Waals surface area contributed by atoms with Gasteiger partial charge in [0.05, 0.1) is 44.5 Å². The molecular weight excluding hydrogens is 713 g/mol. The fourth-order valence-corrected chi connectivity index (χ4v) is 6.95. The quantitative estimate of drug-likeness (QED) is 0.116. The van der Waals surface area contributed by atoms with E-state index in [-0.39, 0.29) is 70.0 Å². The third kappa shape index (κ3) is 13.7. The Kier molecular flexibility index (Phi) is 18.6. The lowest BCUT2D eigenvalue weighted by Crippen LogP contribution is -2.46. The van der Waals surface area contributed by atoms with E-state index in [1.807, 2.05) is 26.1 Å². The third-order valence-corrected chi connectivity index (χ3v) is 9.86. The summed E-state index contributed by atoms with van der Waals surface area (Å²) in [7, 11) is -1.79. The van der Waals surface area contributed by atoms with Gasteiger partial charge >= 0.3 is 0 Å². The summed E-state index contributed by atoms with van der Waals surface area (Å²) in [6, 6.07) is 10.5. The second-order valence-corrected chi connectivity index (χ2v) is 14.5. The lowest BCUT2D eigenvalue weighted by molar-refractivity contribution is -0.145. The number of aliphatic hydroxyl groups is 2. The van der Waals surface area contributed by atoms with Crippen molar-refractivity contribution in [1.82, 2.24) is 14.9 Å². The second-order valence-electron chi connectivity index (χ2n) is 11.9. The summed E-state index contributed by atoms with van der Waals surface area (Å²) < 4.78 is 50.2. The first kappa shape index (κ1) is 42.2. The third-order valence-electron chi connectivity index (χ3n) is 7.85. The standard InChI is InChI=1S/C34H49Cl2N3O10S/c1-3-11-46-12-5-8-31(40)32(41)33(42)34(43)37-9-13-47-15-17-49-18-16-48-14-10-38-50(44,45)26-7-4-6-24(19-26)28-22-39(2)23-29-27(28)20-25(35)21-30(29)36/h4,6-7,19-21,28,32-33,38,41-42H,3,5,8-18,22-23H2,1-2H3,(H,37,43)/t28-,32-,33+/m0/s1. The van der Waals surface area contributed by atoms with E-state index in [2.05, 4.69) is 14.9 Å². The van der Waals surface area contributed by atoms with Gasteiger partial charge in [0.1, 0.15) is 6.10 Å². The Morgan fingerprint density at radius 3 is 2.28 bits per heavy atom. The Labute approximate surface area is 304 Å². The number of carbonyl (C=O) groups excluding carboxylic acids is 2. The van der Waals surface area contributed by atoms with Gasteiger partial charge in [0.2, 0.25) is 10.0 Å². The van der Waals surface area contributed by atoms with E-state index in [0.29, 0.717) is 42.8 Å². The van der Waals surface area contributed by atoms with Crippen LogP contribution in [0.4, 0.5) is 0 Å². The van der Waals surface area contributed by atoms with E-state index in [1.54, 1.807) is 24.3 Å². The highest BCUT2D eigenvalue weighted by Crippen LogP contribution is 2.38. The van der Waals surface area contributed by atoms with Crippen molar-refractivity contribution >= 4 is 44.9 Å². The van der Waals surface area contributed by atoms with Gasteiger partial charge < -0.3 is 39.4 Å². The number of nitrogens with one attached hydrogen (secondary N) is 2. The molecule has 2 aromatic carbocycles. The van der Waals surface area contributed by atoms with E-state index >= 15 is 0 Å². The fraction of sp³-hybridized carbons (Fsp3) is 0.588. The highest BCUT2D eigenvalue weighted by atomic mass is 35.5. The average Bonchev–Trinajstić information content (AvgIpc) is 3.09. The van der Waals surface area contributed by atoms with Crippen molar-refractivity contribution < 1.29 is 47.2 Å². The van der Waals surface area contributed by atoms with E-state index in [9.17, 15) is 28.2 Å². The molecule has 0 unspecified atom stereocenters. The Balaban J connectivity index is 1.25. The van der Waals surface area contributed by atoms with Crippen molar-refractivity contribution in [3.8, 4) is 0 Å². The van der Waals surface area contributed by atoms with Gasteiger partial charge in [-0.05, 0) is 60.8 Å². The topological polar surface area (TPSA) is 173 Å². The molecule has 0 aromatic heterocycles. The summed E-state index contributed by atoms with van der Waals surface area (Å²) in [6.07, 6.45) is -2.41. The van der Waals surface area contributed by atoms with Gasteiger partial charge in [-0.3, -0.25) is 9.59 Å². The van der Waals surface area contributed by atoms with Gasteiger partial charge in [-0.15, -0.1) is 0 Å². The van der Waals surface area contributed by atoms with Gasteiger partial charge in [-0.25, -0.2) is 13.1 Å². The molecule has 1 aliphatic rings. The maximum atomic E-state index is 13.0. The van der Waals surface area contributed by atoms with Crippen LogP contribution in [-0.2, 0) is 45.1 Å². The molecule has 0 aliphatic carbocycles. The number of hydrogen-bond donors (Lipinski definition) is 4. The Morgan fingerprint density at radius 1 is 0.920 bits per heavy atom. The molecule has 0 saturated heterocycles. The number of ether oxygens (including phenoxy) is 4. The number of halogens is 2. The number of benzene rings is 2. The van der Waals surface area contributed by atoms with Gasteiger partial charge in [0.15, 0.2) is 11.9 Å². The maximum absolute atomic E-state index is 13.0. The molecule has 3 rings (SSSR count). The maximum Gasteiger partial charge on any atom is 0.252 e. The Morgan fingerprint density at radius 2 is 1.58 bits per heavy atom. The first-order valence-electron chi connectivity index (χ1n) is 16.7. The van der Waals surface area contributed by atoms with Crippen LogP contribution in [0.5, 0.6) is 0 Å². The molecule has 1 amide bonds. The van der Waals surface area contributed by atoms with Crippen LogP contribution in [0.15, 0.2) is 41.3 Å². The van der Waals surface area contributed by atoms with Crippen molar-refractivity contribution in [3.05, 3.63) is 63.1 Å².